The number of H-pyrrole nitrogens is 1. The molecule has 1 heterocycles. The maximum atomic E-state index is 11.8. The molecule has 8 heteroatoms. The van der Waals surface area contributed by atoms with Crippen LogP contribution < -0.4 is 16.6 Å². The Kier molecular flexibility index (Phi) is 5.31. The lowest BCUT2D eigenvalue weighted by molar-refractivity contribution is -0.148. The predicted octanol–water partition coefficient (Wildman–Crippen LogP) is 0.335. The third-order valence-corrected chi connectivity index (χ3v) is 3.07. The van der Waals surface area contributed by atoms with Gasteiger partial charge in [-0.25, -0.2) is 4.79 Å². The van der Waals surface area contributed by atoms with Crippen LogP contribution in [0.2, 0.25) is 0 Å². The summed E-state index contributed by atoms with van der Waals surface area (Å²) < 4.78 is 5.80. The molecule has 24 heavy (non-hydrogen) atoms. The van der Waals surface area contributed by atoms with Gasteiger partial charge < -0.3 is 10.1 Å². The van der Waals surface area contributed by atoms with Gasteiger partial charge in [0.25, 0.3) is 11.5 Å². The Labute approximate surface area is 137 Å². The highest BCUT2D eigenvalue weighted by Gasteiger charge is 2.10. The monoisotopic (exact) mass is 331 g/mol. The summed E-state index contributed by atoms with van der Waals surface area (Å²) in [6.45, 7) is 2.95. The molecule has 0 aliphatic rings. The Morgan fingerprint density at radius 2 is 1.83 bits per heavy atom. The molecule has 0 spiro atoms. The molecule has 126 valence electrons. The minimum atomic E-state index is -0.764. The molecule has 0 saturated carbocycles. The molecule has 1 aromatic carbocycles. The SMILES string of the molecule is Cc1cc(C)cc(NC(=O)COC(=O)Cn2ccc(=O)[nH]c2=O)c1. The first-order valence-corrected chi connectivity index (χ1v) is 7.17. The number of ether oxygens (including phenoxy) is 1. The number of amides is 1. The topological polar surface area (TPSA) is 110 Å². The molecule has 8 nitrogen and oxygen atoms in total. The molecule has 0 atom stereocenters. The fourth-order valence-electron chi connectivity index (χ4n) is 2.14. The minimum Gasteiger partial charge on any atom is -0.454 e. The van der Waals surface area contributed by atoms with Gasteiger partial charge in [-0.2, -0.15) is 0 Å². The molecule has 2 aromatic rings. The van der Waals surface area contributed by atoms with Crippen molar-refractivity contribution in [2.75, 3.05) is 11.9 Å². The van der Waals surface area contributed by atoms with E-state index in [1.54, 1.807) is 12.1 Å². The van der Waals surface area contributed by atoms with Crippen molar-refractivity contribution in [2.24, 2.45) is 0 Å². The molecule has 0 radical (unpaired) electrons. The van der Waals surface area contributed by atoms with Gasteiger partial charge in [0, 0.05) is 18.0 Å². The Balaban J connectivity index is 1.88. The fraction of sp³-hybridized carbons (Fsp3) is 0.250. The number of hydrogen-bond acceptors (Lipinski definition) is 5. The summed E-state index contributed by atoms with van der Waals surface area (Å²) in [7, 11) is 0. The number of carbonyl (C=O) groups is 2. The summed E-state index contributed by atoms with van der Waals surface area (Å²) in [6.07, 6.45) is 1.18. The van der Waals surface area contributed by atoms with Gasteiger partial charge in [0.1, 0.15) is 6.54 Å². The lowest BCUT2D eigenvalue weighted by Crippen LogP contribution is -2.32. The van der Waals surface area contributed by atoms with E-state index in [-0.39, 0.29) is 0 Å². The molecular weight excluding hydrogens is 314 g/mol. The van der Waals surface area contributed by atoms with Gasteiger partial charge in [-0.3, -0.25) is 23.9 Å². The number of hydrogen-bond donors (Lipinski definition) is 2. The number of nitrogens with one attached hydrogen (secondary N) is 2. The van der Waals surface area contributed by atoms with Crippen molar-refractivity contribution in [1.82, 2.24) is 9.55 Å². The molecule has 0 unspecified atom stereocenters. The zero-order chi connectivity index (χ0) is 17.7. The van der Waals surface area contributed by atoms with Gasteiger partial charge in [-0.1, -0.05) is 6.07 Å². The second kappa shape index (κ2) is 7.40. The van der Waals surface area contributed by atoms with Crippen LogP contribution in [-0.2, 0) is 20.9 Å². The molecule has 1 aromatic heterocycles. The highest BCUT2D eigenvalue weighted by Crippen LogP contribution is 2.13. The zero-order valence-corrected chi connectivity index (χ0v) is 13.3. The molecule has 0 aliphatic carbocycles. The second-order valence-electron chi connectivity index (χ2n) is 5.32. The van der Waals surface area contributed by atoms with Crippen molar-refractivity contribution in [2.45, 2.75) is 20.4 Å². The molecule has 0 fully saturated rings. The van der Waals surface area contributed by atoms with E-state index < -0.39 is 36.3 Å². The first-order chi connectivity index (χ1) is 11.3. The minimum absolute atomic E-state index is 0.396. The lowest BCUT2D eigenvalue weighted by Gasteiger charge is -2.09. The number of carbonyl (C=O) groups excluding carboxylic acids is 2. The number of nitrogens with zero attached hydrogens (tertiary/aromatic N) is 1. The van der Waals surface area contributed by atoms with E-state index in [0.29, 0.717) is 5.69 Å². The van der Waals surface area contributed by atoms with Crippen LogP contribution in [0.15, 0.2) is 40.1 Å². The molecule has 2 rings (SSSR count). The average Bonchev–Trinajstić information content (AvgIpc) is 2.47. The number of aromatic amines is 1. The summed E-state index contributed by atoms with van der Waals surface area (Å²) in [5.74, 6) is -1.25. The van der Waals surface area contributed by atoms with E-state index >= 15 is 0 Å². The standard InChI is InChI=1S/C16H17N3O5/c1-10-5-11(2)7-12(6-10)17-14(21)9-24-15(22)8-19-4-3-13(20)18-16(19)23/h3-7H,8-9H2,1-2H3,(H,17,21)(H,18,20,23). The number of esters is 1. The largest absolute Gasteiger partial charge is 0.454 e. The quantitative estimate of drug-likeness (QED) is 0.768. The third kappa shape index (κ3) is 4.94. The molecule has 0 aliphatic heterocycles. The van der Waals surface area contributed by atoms with Crippen molar-refractivity contribution in [1.29, 1.82) is 0 Å². The lowest BCUT2D eigenvalue weighted by atomic mass is 10.1. The van der Waals surface area contributed by atoms with Crippen molar-refractivity contribution < 1.29 is 14.3 Å². The maximum absolute atomic E-state index is 11.8. The number of benzene rings is 1. The number of anilines is 1. The number of aromatic nitrogens is 2. The number of aryl methyl sites for hydroxylation is 2. The van der Waals surface area contributed by atoms with Gasteiger partial charge in [-0.05, 0) is 37.1 Å². The van der Waals surface area contributed by atoms with Crippen LogP contribution in [0.3, 0.4) is 0 Å². The Morgan fingerprint density at radius 3 is 2.46 bits per heavy atom. The van der Waals surface area contributed by atoms with Gasteiger partial charge in [0.2, 0.25) is 0 Å². The van der Waals surface area contributed by atoms with Gasteiger partial charge in [0.05, 0.1) is 0 Å². The predicted molar refractivity (Wildman–Crippen MR) is 86.8 cm³/mol. The Hall–Kier alpha value is -3.16. The van der Waals surface area contributed by atoms with Crippen molar-refractivity contribution in [3.63, 3.8) is 0 Å². The Bertz CT molecular complexity index is 862. The zero-order valence-electron chi connectivity index (χ0n) is 13.3. The number of rotatable bonds is 5. The smallest absolute Gasteiger partial charge is 0.328 e. The normalized spacial score (nSPS) is 10.2. The fourth-order valence-corrected chi connectivity index (χ4v) is 2.14. The molecule has 0 bridgehead atoms. The Morgan fingerprint density at radius 1 is 1.17 bits per heavy atom. The van der Waals surface area contributed by atoms with Crippen LogP contribution in [0.1, 0.15) is 11.1 Å². The summed E-state index contributed by atoms with van der Waals surface area (Å²) in [4.78, 5) is 47.8. The van der Waals surface area contributed by atoms with E-state index in [4.69, 9.17) is 4.74 Å². The summed E-state index contributed by atoms with van der Waals surface area (Å²) >= 11 is 0. The van der Waals surface area contributed by atoms with E-state index in [9.17, 15) is 19.2 Å². The van der Waals surface area contributed by atoms with Crippen LogP contribution >= 0.6 is 0 Å². The third-order valence-electron chi connectivity index (χ3n) is 3.07. The van der Waals surface area contributed by atoms with Crippen molar-refractivity contribution >= 4 is 17.6 Å². The maximum Gasteiger partial charge on any atom is 0.328 e. The molecule has 2 N–H and O–H groups in total. The second-order valence-corrected chi connectivity index (χ2v) is 5.32. The van der Waals surface area contributed by atoms with E-state index in [1.807, 2.05) is 24.9 Å². The van der Waals surface area contributed by atoms with Gasteiger partial charge in [0.15, 0.2) is 6.61 Å². The van der Waals surface area contributed by atoms with E-state index in [0.717, 1.165) is 21.8 Å². The van der Waals surface area contributed by atoms with Crippen molar-refractivity contribution in [3.05, 3.63) is 62.4 Å². The first-order valence-electron chi connectivity index (χ1n) is 7.17. The van der Waals surface area contributed by atoms with E-state index in [2.05, 4.69) is 5.32 Å². The highest BCUT2D eigenvalue weighted by molar-refractivity contribution is 5.92. The molecular formula is C16H17N3O5. The van der Waals surface area contributed by atoms with Crippen LogP contribution in [0.25, 0.3) is 0 Å². The average molecular weight is 331 g/mol. The van der Waals surface area contributed by atoms with Crippen LogP contribution in [0.5, 0.6) is 0 Å². The van der Waals surface area contributed by atoms with Crippen LogP contribution in [0, 0.1) is 13.8 Å². The van der Waals surface area contributed by atoms with Gasteiger partial charge in [-0.15, -0.1) is 0 Å². The highest BCUT2D eigenvalue weighted by atomic mass is 16.5. The summed E-state index contributed by atoms with van der Waals surface area (Å²) in [5, 5.41) is 2.63. The molecule has 0 saturated heterocycles. The van der Waals surface area contributed by atoms with Crippen LogP contribution in [0.4, 0.5) is 5.69 Å². The summed E-state index contributed by atoms with van der Waals surface area (Å²) in [5.41, 5.74) is 1.33. The summed E-state index contributed by atoms with van der Waals surface area (Å²) in [6, 6.07) is 6.68. The van der Waals surface area contributed by atoms with Gasteiger partial charge >= 0.3 is 11.7 Å². The van der Waals surface area contributed by atoms with E-state index in [1.165, 1.54) is 6.20 Å². The van der Waals surface area contributed by atoms with Crippen molar-refractivity contribution in [3.8, 4) is 0 Å². The van der Waals surface area contributed by atoms with Crippen LogP contribution in [-0.4, -0.2) is 28.0 Å². The first kappa shape index (κ1) is 17.2. The molecule has 1 amide bonds.